The number of urea groups is 1. The normalized spacial score (nSPS) is 18.1. The molecule has 27 heavy (non-hydrogen) atoms. The molecule has 7 heteroatoms. The molecule has 1 heterocycles. The smallest absolute Gasteiger partial charge is 0.323 e. The number of hydrogen-bond donors (Lipinski definition) is 3. The van der Waals surface area contributed by atoms with Crippen LogP contribution in [-0.2, 0) is 4.79 Å². The van der Waals surface area contributed by atoms with Crippen LogP contribution < -0.4 is 16.0 Å². The molecule has 1 aliphatic heterocycles. The Morgan fingerprint density at radius 3 is 2.59 bits per heavy atom. The number of aryl methyl sites for hydroxylation is 1. The highest BCUT2D eigenvalue weighted by atomic mass is 35.5. The van der Waals surface area contributed by atoms with E-state index in [9.17, 15) is 14.0 Å². The molecule has 3 rings (SSSR count). The van der Waals surface area contributed by atoms with Crippen LogP contribution in [0.5, 0.6) is 0 Å². The molecule has 0 saturated carbocycles. The van der Waals surface area contributed by atoms with Gasteiger partial charge in [-0.15, -0.1) is 0 Å². The van der Waals surface area contributed by atoms with E-state index in [1.54, 1.807) is 24.3 Å². The Morgan fingerprint density at radius 1 is 1.22 bits per heavy atom. The van der Waals surface area contributed by atoms with E-state index in [0.29, 0.717) is 28.4 Å². The molecule has 1 atom stereocenters. The minimum atomic E-state index is -0.451. The van der Waals surface area contributed by atoms with Gasteiger partial charge in [-0.25, -0.2) is 9.18 Å². The number of hydrogen-bond acceptors (Lipinski definition) is 2. The maximum atomic E-state index is 14.4. The van der Waals surface area contributed by atoms with Gasteiger partial charge in [0.15, 0.2) is 0 Å². The lowest BCUT2D eigenvalue weighted by atomic mass is 9.81. The fourth-order valence-electron chi connectivity index (χ4n) is 3.32. The predicted octanol–water partition coefficient (Wildman–Crippen LogP) is 5.02. The molecule has 142 valence electrons. The third-order valence-corrected chi connectivity index (χ3v) is 4.94. The largest absolute Gasteiger partial charge is 0.349 e. The number of anilines is 2. The molecule has 2 aromatic carbocycles. The Hall–Kier alpha value is -2.60. The zero-order valence-electron chi connectivity index (χ0n) is 15.3. The monoisotopic (exact) mass is 389 g/mol. The summed E-state index contributed by atoms with van der Waals surface area (Å²) in [6, 6.07) is 8.57. The minimum absolute atomic E-state index is 0.112. The van der Waals surface area contributed by atoms with Gasteiger partial charge < -0.3 is 16.0 Å². The van der Waals surface area contributed by atoms with Crippen LogP contribution in [0.15, 0.2) is 36.4 Å². The molecule has 0 radical (unpaired) electrons. The number of halogens is 2. The van der Waals surface area contributed by atoms with Crippen molar-refractivity contribution in [3.8, 4) is 0 Å². The van der Waals surface area contributed by atoms with Crippen molar-refractivity contribution in [1.82, 2.24) is 5.32 Å². The highest BCUT2D eigenvalue weighted by Crippen LogP contribution is 2.42. The zero-order chi connectivity index (χ0) is 19.8. The van der Waals surface area contributed by atoms with Crippen LogP contribution in [0.2, 0.25) is 5.02 Å². The molecule has 1 saturated heterocycles. The van der Waals surface area contributed by atoms with E-state index in [2.05, 4.69) is 16.0 Å². The molecule has 5 nitrogen and oxygen atoms in total. The molecular formula is C20H21ClFN3O2. The Labute approximate surface area is 162 Å². The molecular weight excluding hydrogens is 369 g/mol. The first-order valence-electron chi connectivity index (χ1n) is 8.59. The Bertz CT molecular complexity index is 914. The van der Waals surface area contributed by atoms with Crippen molar-refractivity contribution >= 4 is 34.9 Å². The number of amides is 3. The average Bonchev–Trinajstić information content (AvgIpc) is 2.84. The summed E-state index contributed by atoms with van der Waals surface area (Å²) in [4.78, 5) is 24.1. The van der Waals surface area contributed by atoms with Crippen molar-refractivity contribution in [2.75, 3.05) is 10.6 Å². The summed E-state index contributed by atoms with van der Waals surface area (Å²) in [5.41, 5.74) is 1.83. The van der Waals surface area contributed by atoms with Crippen LogP contribution in [0, 0.1) is 18.2 Å². The summed E-state index contributed by atoms with van der Waals surface area (Å²) in [5, 5.41) is 8.84. The second kappa shape index (κ2) is 7.19. The maximum absolute atomic E-state index is 14.4. The number of benzene rings is 2. The van der Waals surface area contributed by atoms with Crippen molar-refractivity contribution in [2.45, 2.75) is 33.2 Å². The van der Waals surface area contributed by atoms with E-state index in [-0.39, 0.29) is 5.91 Å². The van der Waals surface area contributed by atoms with Gasteiger partial charge in [0.2, 0.25) is 5.91 Å². The zero-order valence-corrected chi connectivity index (χ0v) is 16.1. The standard InChI is InChI=1S/C20H21ClFN3O2/c1-11-8-12(21)4-7-16(11)24-19(27)23-13-5-6-15(22)14(9-13)18-20(2,3)10-17(26)25-18/h4-9,18H,10H2,1-3H3,(H,25,26)(H2,23,24,27). The SMILES string of the molecule is Cc1cc(Cl)ccc1NC(=O)Nc1ccc(F)c(C2NC(=O)CC2(C)C)c1. The van der Waals surface area contributed by atoms with Gasteiger partial charge in [0.05, 0.1) is 6.04 Å². The lowest BCUT2D eigenvalue weighted by Crippen LogP contribution is -2.26. The highest BCUT2D eigenvalue weighted by molar-refractivity contribution is 6.30. The lowest BCUT2D eigenvalue weighted by molar-refractivity contribution is -0.119. The predicted molar refractivity (Wildman–Crippen MR) is 105 cm³/mol. The van der Waals surface area contributed by atoms with Crippen LogP contribution in [0.25, 0.3) is 0 Å². The first-order valence-corrected chi connectivity index (χ1v) is 8.96. The van der Waals surface area contributed by atoms with Crippen LogP contribution in [0.1, 0.15) is 37.4 Å². The number of rotatable bonds is 3. The van der Waals surface area contributed by atoms with E-state index in [1.807, 2.05) is 20.8 Å². The topological polar surface area (TPSA) is 70.2 Å². The Balaban J connectivity index is 1.78. The van der Waals surface area contributed by atoms with Gasteiger partial charge in [-0.2, -0.15) is 0 Å². The summed E-state index contributed by atoms with van der Waals surface area (Å²) < 4.78 is 14.4. The molecule has 0 spiro atoms. The van der Waals surface area contributed by atoms with E-state index < -0.39 is 23.3 Å². The Kier molecular flexibility index (Phi) is 5.11. The number of carbonyl (C=O) groups excluding carboxylic acids is 2. The van der Waals surface area contributed by atoms with Gasteiger partial charge in [0.1, 0.15) is 5.82 Å². The molecule has 1 unspecified atom stereocenters. The first kappa shape index (κ1) is 19.2. The third kappa shape index (κ3) is 4.22. The van der Waals surface area contributed by atoms with Crippen molar-refractivity contribution in [2.24, 2.45) is 5.41 Å². The van der Waals surface area contributed by atoms with Crippen LogP contribution >= 0.6 is 11.6 Å². The summed E-state index contributed by atoms with van der Waals surface area (Å²) in [6.07, 6.45) is 0.324. The van der Waals surface area contributed by atoms with Crippen molar-refractivity contribution in [3.63, 3.8) is 0 Å². The van der Waals surface area contributed by atoms with Gasteiger partial charge in [-0.3, -0.25) is 4.79 Å². The molecule has 2 aromatic rings. The van der Waals surface area contributed by atoms with Crippen LogP contribution in [0.4, 0.5) is 20.6 Å². The van der Waals surface area contributed by atoms with E-state index in [4.69, 9.17) is 11.6 Å². The Morgan fingerprint density at radius 2 is 1.96 bits per heavy atom. The second-order valence-corrected chi connectivity index (χ2v) is 7.88. The highest BCUT2D eigenvalue weighted by Gasteiger charge is 2.41. The molecule has 0 aromatic heterocycles. The van der Waals surface area contributed by atoms with E-state index in [1.165, 1.54) is 12.1 Å². The first-order chi connectivity index (χ1) is 12.7. The molecule has 3 amide bonds. The number of nitrogens with one attached hydrogen (secondary N) is 3. The number of carbonyl (C=O) groups is 2. The van der Waals surface area contributed by atoms with Crippen LogP contribution in [-0.4, -0.2) is 11.9 Å². The van der Waals surface area contributed by atoms with Gasteiger partial charge in [0.25, 0.3) is 0 Å². The van der Waals surface area contributed by atoms with Crippen molar-refractivity contribution in [1.29, 1.82) is 0 Å². The second-order valence-electron chi connectivity index (χ2n) is 7.44. The van der Waals surface area contributed by atoms with E-state index >= 15 is 0 Å². The summed E-state index contributed by atoms with van der Waals surface area (Å²) in [6.45, 7) is 5.65. The third-order valence-electron chi connectivity index (χ3n) is 4.70. The fraction of sp³-hybridized carbons (Fsp3) is 0.300. The van der Waals surface area contributed by atoms with E-state index in [0.717, 1.165) is 5.56 Å². The molecule has 3 N–H and O–H groups in total. The van der Waals surface area contributed by atoms with Crippen LogP contribution in [0.3, 0.4) is 0 Å². The van der Waals surface area contributed by atoms with Gasteiger partial charge in [-0.1, -0.05) is 25.4 Å². The molecule has 1 aliphatic rings. The quantitative estimate of drug-likeness (QED) is 0.689. The lowest BCUT2D eigenvalue weighted by Gasteiger charge is -2.26. The average molecular weight is 390 g/mol. The maximum Gasteiger partial charge on any atom is 0.323 e. The van der Waals surface area contributed by atoms with Gasteiger partial charge >= 0.3 is 6.03 Å². The van der Waals surface area contributed by atoms with Crippen molar-refractivity contribution in [3.05, 3.63) is 58.4 Å². The fourth-order valence-corrected chi connectivity index (χ4v) is 3.54. The summed E-state index contributed by atoms with van der Waals surface area (Å²) in [7, 11) is 0. The van der Waals surface area contributed by atoms with Gasteiger partial charge in [0, 0.05) is 28.4 Å². The summed E-state index contributed by atoms with van der Waals surface area (Å²) in [5.74, 6) is -0.534. The molecule has 1 fully saturated rings. The van der Waals surface area contributed by atoms with Gasteiger partial charge in [-0.05, 0) is 54.3 Å². The minimum Gasteiger partial charge on any atom is -0.349 e. The molecule has 0 bridgehead atoms. The van der Waals surface area contributed by atoms with Crippen molar-refractivity contribution < 1.29 is 14.0 Å². The molecule has 0 aliphatic carbocycles. The summed E-state index contributed by atoms with van der Waals surface area (Å²) >= 11 is 5.92.